The number of rotatable bonds is 1. The molecule has 17 heavy (non-hydrogen) atoms. The summed E-state index contributed by atoms with van der Waals surface area (Å²) in [6.07, 6.45) is 3.00. The zero-order chi connectivity index (χ0) is 12.6. The smallest absolute Gasteiger partial charge is 0.167 e. The van der Waals surface area contributed by atoms with Gasteiger partial charge in [-0.1, -0.05) is 32.9 Å². The van der Waals surface area contributed by atoms with Crippen LogP contribution in [0.4, 0.5) is 8.78 Å². The van der Waals surface area contributed by atoms with Gasteiger partial charge in [-0.15, -0.1) is 0 Å². The topological polar surface area (TPSA) is 28.7 Å². The molecule has 0 aliphatic carbocycles. The van der Waals surface area contributed by atoms with Crippen molar-refractivity contribution in [2.24, 2.45) is 0 Å². The maximum atomic E-state index is 13.9. The molecule has 2 rings (SSSR count). The maximum Gasteiger partial charge on any atom is 0.167 e. The third kappa shape index (κ3) is 2.07. The molecular weight excluding hydrogens is 222 g/mol. The standard InChI is InChI=1S/C13H14F2N2/c1-13(2,3)10-5-4-9(11(14)12(10)15)8-6-16-17-7-8/h4-7H,1-3H3,(H,16,17). The monoisotopic (exact) mass is 236 g/mol. The van der Waals surface area contributed by atoms with Crippen LogP contribution in [0.3, 0.4) is 0 Å². The minimum Gasteiger partial charge on any atom is -0.285 e. The molecule has 0 spiro atoms. The van der Waals surface area contributed by atoms with E-state index in [1.165, 1.54) is 12.4 Å². The predicted octanol–water partition coefficient (Wildman–Crippen LogP) is 3.65. The van der Waals surface area contributed by atoms with E-state index < -0.39 is 17.0 Å². The number of aromatic nitrogens is 2. The van der Waals surface area contributed by atoms with E-state index in [9.17, 15) is 8.78 Å². The molecule has 0 amide bonds. The van der Waals surface area contributed by atoms with Crippen molar-refractivity contribution < 1.29 is 8.78 Å². The Hall–Kier alpha value is -1.71. The Morgan fingerprint density at radius 3 is 2.35 bits per heavy atom. The van der Waals surface area contributed by atoms with Crippen LogP contribution >= 0.6 is 0 Å². The van der Waals surface area contributed by atoms with Gasteiger partial charge in [-0.25, -0.2) is 8.78 Å². The van der Waals surface area contributed by atoms with Gasteiger partial charge < -0.3 is 0 Å². The lowest BCUT2D eigenvalue weighted by Gasteiger charge is -2.20. The molecule has 0 aliphatic heterocycles. The number of halogens is 2. The van der Waals surface area contributed by atoms with Crippen LogP contribution in [0.1, 0.15) is 26.3 Å². The highest BCUT2D eigenvalue weighted by Crippen LogP contribution is 2.31. The van der Waals surface area contributed by atoms with Gasteiger partial charge in [0.2, 0.25) is 0 Å². The van der Waals surface area contributed by atoms with Crippen LogP contribution in [-0.4, -0.2) is 10.2 Å². The molecule has 0 aliphatic rings. The molecule has 0 saturated heterocycles. The number of nitrogens with one attached hydrogen (secondary N) is 1. The van der Waals surface area contributed by atoms with E-state index in [4.69, 9.17) is 0 Å². The first-order valence-corrected chi connectivity index (χ1v) is 5.39. The van der Waals surface area contributed by atoms with Crippen LogP contribution in [-0.2, 0) is 5.41 Å². The van der Waals surface area contributed by atoms with Crippen molar-refractivity contribution in [2.75, 3.05) is 0 Å². The molecule has 90 valence electrons. The summed E-state index contributed by atoms with van der Waals surface area (Å²) in [4.78, 5) is 0. The van der Waals surface area contributed by atoms with Crippen molar-refractivity contribution in [3.05, 3.63) is 41.7 Å². The van der Waals surface area contributed by atoms with E-state index >= 15 is 0 Å². The Morgan fingerprint density at radius 1 is 1.12 bits per heavy atom. The van der Waals surface area contributed by atoms with Crippen LogP contribution in [0.25, 0.3) is 11.1 Å². The average molecular weight is 236 g/mol. The molecule has 0 radical (unpaired) electrons. The Kier molecular flexibility index (Phi) is 2.73. The number of H-pyrrole nitrogens is 1. The van der Waals surface area contributed by atoms with E-state index in [0.717, 1.165) is 0 Å². The molecular formula is C13H14F2N2. The molecule has 1 heterocycles. The Balaban J connectivity index is 2.58. The highest BCUT2D eigenvalue weighted by atomic mass is 19.2. The number of hydrogen-bond donors (Lipinski definition) is 1. The van der Waals surface area contributed by atoms with Crippen LogP contribution in [0.15, 0.2) is 24.5 Å². The van der Waals surface area contributed by atoms with Crippen molar-refractivity contribution >= 4 is 0 Å². The van der Waals surface area contributed by atoms with Gasteiger partial charge in [0.25, 0.3) is 0 Å². The molecule has 2 nitrogen and oxygen atoms in total. The van der Waals surface area contributed by atoms with Gasteiger partial charge in [-0.3, -0.25) is 5.10 Å². The second-order valence-electron chi connectivity index (χ2n) is 5.03. The molecule has 0 unspecified atom stereocenters. The second kappa shape index (κ2) is 3.95. The largest absolute Gasteiger partial charge is 0.285 e. The number of hydrogen-bond acceptors (Lipinski definition) is 1. The highest BCUT2D eigenvalue weighted by Gasteiger charge is 2.23. The predicted molar refractivity (Wildman–Crippen MR) is 62.6 cm³/mol. The van der Waals surface area contributed by atoms with Gasteiger partial charge in [-0.05, 0) is 11.0 Å². The van der Waals surface area contributed by atoms with Gasteiger partial charge in [0.05, 0.1) is 6.20 Å². The van der Waals surface area contributed by atoms with Crippen LogP contribution in [0.5, 0.6) is 0 Å². The Bertz CT molecular complexity index is 525. The molecule has 0 atom stereocenters. The molecule has 0 fully saturated rings. The summed E-state index contributed by atoms with van der Waals surface area (Å²) in [7, 11) is 0. The molecule has 0 bridgehead atoms. The summed E-state index contributed by atoms with van der Waals surface area (Å²) in [6.45, 7) is 5.55. The maximum absolute atomic E-state index is 13.9. The van der Waals surface area contributed by atoms with Gasteiger partial charge in [-0.2, -0.15) is 5.10 Å². The van der Waals surface area contributed by atoms with E-state index in [2.05, 4.69) is 10.2 Å². The lowest BCUT2D eigenvalue weighted by atomic mass is 9.85. The quantitative estimate of drug-likeness (QED) is 0.804. The number of nitrogens with zero attached hydrogens (tertiary/aromatic N) is 1. The number of benzene rings is 1. The van der Waals surface area contributed by atoms with Crippen LogP contribution in [0, 0.1) is 11.6 Å². The summed E-state index contributed by atoms with van der Waals surface area (Å²) < 4.78 is 27.9. The fraction of sp³-hybridized carbons (Fsp3) is 0.308. The van der Waals surface area contributed by atoms with E-state index in [1.54, 1.807) is 12.1 Å². The first-order valence-electron chi connectivity index (χ1n) is 5.39. The average Bonchev–Trinajstić information content (AvgIpc) is 2.73. The minimum absolute atomic E-state index is 0.226. The molecule has 1 aromatic heterocycles. The number of aromatic amines is 1. The Labute approximate surface area is 98.7 Å². The highest BCUT2D eigenvalue weighted by molar-refractivity contribution is 5.63. The van der Waals surface area contributed by atoms with Crippen molar-refractivity contribution in [2.45, 2.75) is 26.2 Å². The van der Waals surface area contributed by atoms with Crippen molar-refractivity contribution in [3.63, 3.8) is 0 Å². The zero-order valence-electron chi connectivity index (χ0n) is 10.0. The first kappa shape index (κ1) is 11.8. The normalized spacial score (nSPS) is 11.8. The van der Waals surface area contributed by atoms with E-state index in [0.29, 0.717) is 11.1 Å². The fourth-order valence-electron chi connectivity index (χ4n) is 1.75. The molecule has 2 aromatic rings. The van der Waals surface area contributed by atoms with Gasteiger partial charge in [0.1, 0.15) is 0 Å². The summed E-state index contributed by atoms with van der Waals surface area (Å²) in [5.41, 5.74) is 0.730. The summed E-state index contributed by atoms with van der Waals surface area (Å²) in [5.74, 6) is -1.60. The van der Waals surface area contributed by atoms with Crippen molar-refractivity contribution in [1.29, 1.82) is 0 Å². The van der Waals surface area contributed by atoms with Crippen LogP contribution < -0.4 is 0 Å². The minimum atomic E-state index is -0.821. The van der Waals surface area contributed by atoms with Crippen LogP contribution in [0.2, 0.25) is 0 Å². The lowest BCUT2D eigenvalue weighted by Crippen LogP contribution is -2.14. The first-order chi connectivity index (χ1) is 7.91. The van der Waals surface area contributed by atoms with E-state index in [-0.39, 0.29) is 5.56 Å². The third-order valence-corrected chi connectivity index (χ3v) is 2.70. The lowest BCUT2D eigenvalue weighted by molar-refractivity contribution is 0.466. The van der Waals surface area contributed by atoms with Crippen molar-refractivity contribution in [1.82, 2.24) is 10.2 Å². The van der Waals surface area contributed by atoms with Gasteiger partial charge in [0.15, 0.2) is 11.6 Å². The van der Waals surface area contributed by atoms with Gasteiger partial charge >= 0.3 is 0 Å². The Morgan fingerprint density at radius 2 is 1.82 bits per heavy atom. The molecule has 4 heteroatoms. The summed E-state index contributed by atoms with van der Waals surface area (Å²) in [5, 5.41) is 6.31. The third-order valence-electron chi connectivity index (χ3n) is 2.70. The molecule has 1 N–H and O–H groups in total. The van der Waals surface area contributed by atoms with Crippen molar-refractivity contribution in [3.8, 4) is 11.1 Å². The molecule has 0 saturated carbocycles. The second-order valence-corrected chi connectivity index (χ2v) is 5.03. The summed E-state index contributed by atoms with van der Waals surface area (Å²) in [6, 6.07) is 3.21. The SMILES string of the molecule is CC(C)(C)c1ccc(-c2cn[nH]c2)c(F)c1F. The summed E-state index contributed by atoms with van der Waals surface area (Å²) >= 11 is 0. The molecule has 1 aromatic carbocycles. The zero-order valence-corrected chi connectivity index (χ0v) is 10.0. The fourth-order valence-corrected chi connectivity index (χ4v) is 1.75. The van der Waals surface area contributed by atoms with E-state index in [1.807, 2.05) is 20.8 Å². The van der Waals surface area contributed by atoms with Gasteiger partial charge in [0, 0.05) is 17.3 Å².